The van der Waals surface area contributed by atoms with Gasteiger partial charge < -0.3 is 15.8 Å². The van der Waals surface area contributed by atoms with Crippen LogP contribution in [-0.4, -0.2) is 18.9 Å². The second kappa shape index (κ2) is 7.86. The van der Waals surface area contributed by atoms with E-state index >= 15 is 0 Å². The Labute approximate surface area is 149 Å². The first kappa shape index (κ1) is 17.8. The summed E-state index contributed by atoms with van der Waals surface area (Å²) in [5.74, 6) is -0.622. The molecule has 124 valence electrons. The molecular formula is C17H14Cl2N2O3. The zero-order valence-corrected chi connectivity index (χ0v) is 14.2. The van der Waals surface area contributed by atoms with Crippen LogP contribution in [0.4, 0.5) is 5.69 Å². The van der Waals surface area contributed by atoms with E-state index < -0.39 is 11.8 Å². The molecule has 0 heterocycles. The third-order valence-electron chi connectivity index (χ3n) is 3.14. The SMILES string of the molecule is COc1ccc(C(N)=O)cc1NC(=O)/C=C/c1cccc(Cl)c1Cl. The second-order valence-electron chi connectivity index (χ2n) is 4.74. The van der Waals surface area contributed by atoms with Crippen molar-refractivity contribution in [3.8, 4) is 5.75 Å². The topological polar surface area (TPSA) is 81.4 Å². The fourth-order valence-corrected chi connectivity index (χ4v) is 2.32. The largest absolute Gasteiger partial charge is 0.495 e. The lowest BCUT2D eigenvalue weighted by atomic mass is 10.1. The average Bonchev–Trinajstić information content (AvgIpc) is 2.56. The van der Waals surface area contributed by atoms with Crippen molar-refractivity contribution >= 4 is 46.8 Å². The van der Waals surface area contributed by atoms with E-state index in [1.165, 1.54) is 31.4 Å². The van der Waals surface area contributed by atoms with E-state index in [0.717, 1.165) is 0 Å². The molecule has 0 atom stereocenters. The predicted octanol–water partition coefficient (Wildman–Crippen LogP) is 3.75. The molecule has 0 bridgehead atoms. The van der Waals surface area contributed by atoms with E-state index in [0.29, 0.717) is 27.0 Å². The molecule has 0 unspecified atom stereocenters. The van der Waals surface area contributed by atoms with Crippen LogP contribution in [0.1, 0.15) is 15.9 Å². The number of hydrogen-bond acceptors (Lipinski definition) is 3. The van der Waals surface area contributed by atoms with E-state index in [1.807, 2.05) is 0 Å². The highest BCUT2D eigenvalue weighted by Gasteiger charge is 2.10. The molecule has 0 radical (unpaired) electrons. The summed E-state index contributed by atoms with van der Waals surface area (Å²) in [7, 11) is 1.45. The first-order valence-electron chi connectivity index (χ1n) is 6.83. The van der Waals surface area contributed by atoms with Gasteiger partial charge in [-0.25, -0.2) is 0 Å². The van der Waals surface area contributed by atoms with Gasteiger partial charge in [-0.15, -0.1) is 0 Å². The number of benzene rings is 2. The third-order valence-corrected chi connectivity index (χ3v) is 3.97. The molecule has 0 saturated carbocycles. The number of anilines is 1. The molecule has 3 N–H and O–H groups in total. The highest BCUT2D eigenvalue weighted by atomic mass is 35.5. The van der Waals surface area contributed by atoms with Crippen LogP contribution in [0.2, 0.25) is 10.0 Å². The van der Waals surface area contributed by atoms with Crippen molar-refractivity contribution in [3.05, 3.63) is 63.6 Å². The summed E-state index contributed by atoms with van der Waals surface area (Å²) in [5.41, 5.74) is 6.44. The van der Waals surface area contributed by atoms with Crippen LogP contribution < -0.4 is 15.8 Å². The Morgan fingerprint density at radius 2 is 1.96 bits per heavy atom. The number of primary amides is 1. The number of halogens is 2. The van der Waals surface area contributed by atoms with Crippen molar-refractivity contribution in [1.29, 1.82) is 0 Å². The summed E-state index contributed by atoms with van der Waals surface area (Å²) in [6, 6.07) is 9.61. The molecule has 7 heteroatoms. The van der Waals surface area contributed by atoms with Crippen LogP contribution in [0.3, 0.4) is 0 Å². The number of carbonyl (C=O) groups excluding carboxylic acids is 2. The van der Waals surface area contributed by atoms with Gasteiger partial charge in [0.1, 0.15) is 5.75 Å². The number of amides is 2. The molecular weight excluding hydrogens is 351 g/mol. The van der Waals surface area contributed by atoms with Crippen LogP contribution >= 0.6 is 23.2 Å². The molecule has 2 aromatic rings. The van der Waals surface area contributed by atoms with Gasteiger partial charge >= 0.3 is 0 Å². The molecule has 2 rings (SSSR count). The van der Waals surface area contributed by atoms with E-state index in [9.17, 15) is 9.59 Å². The lowest BCUT2D eigenvalue weighted by molar-refractivity contribution is -0.111. The van der Waals surface area contributed by atoms with Crippen LogP contribution in [0, 0.1) is 0 Å². The maximum absolute atomic E-state index is 12.1. The van der Waals surface area contributed by atoms with E-state index in [-0.39, 0.29) is 5.56 Å². The van der Waals surface area contributed by atoms with Crippen LogP contribution in [0.15, 0.2) is 42.5 Å². The van der Waals surface area contributed by atoms with Gasteiger partial charge in [0, 0.05) is 11.6 Å². The molecule has 0 fully saturated rings. The number of hydrogen-bond donors (Lipinski definition) is 2. The molecule has 0 aromatic heterocycles. The minimum Gasteiger partial charge on any atom is -0.495 e. The summed E-state index contributed by atoms with van der Waals surface area (Å²) >= 11 is 12.0. The van der Waals surface area contributed by atoms with Crippen LogP contribution in [-0.2, 0) is 4.79 Å². The predicted molar refractivity (Wildman–Crippen MR) is 95.6 cm³/mol. The molecule has 0 spiro atoms. The summed E-state index contributed by atoms with van der Waals surface area (Å²) in [4.78, 5) is 23.3. The van der Waals surface area contributed by atoms with Crippen LogP contribution in [0.25, 0.3) is 6.08 Å². The van der Waals surface area contributed by atoms with E-state index in [2.05, 4.69) is 5.32 Å². The van der Waals surface area contributed by atoms with Crippen molar-refractivity contribution in [2.24, 2.45) is 5.73 Å². The molecule has 2 amide bonds. The highest BCUT2D eigenvalue weighted by molar-refractivity contribution is 6.42. The lowest BCUT2D eigenvalue weighted by Crippen LogP contribution is -2.13. The normalized spacial score (nSPS) is 10.6. The number of rotatable bonds is 5. The monoisotopic (exact) mass is 364 g/mol. The number of carbonyl (C=O) groups is 2. The van der Waals surface area contributed by atoms with Crippen molar-refractivity contribution in [3.63, 3.8) is 0 Å². The average molecular weight is 365 g/mol. The van der Waals surface area contributed by atoms with Gasteiger partial charge in [0.2, 0.25) is 11.8 Å². The lowest BCUT2D eigenvalue weighted by Gasteiger charge is -2.10. The standard InChI is InChI=1S/C17H14Cl2N2O3/c1-24-14-7-5-11(17(20)23)9-13(14)21-15(22)8-6-10-3-2-4-12(18)16(10)19/h2-9H,1H3,(H2,20,23)(H,21,22)/b8-6+. The number of ether oxygens (including phenoxy) is 1. The van der Waals surface area contributed by atoms with Gasteiger partial charge in [-0.05, 0) is 35.9 Å². The van der Waals surface area contributed by atoms with Crippen molar-refractivity contribution < 1.29 is 14.3 Å². The summed E-state index contributed by atoms with van der Waals surface area (Å²) in [6.07, 6.45) is 2.84. The van der Waals surface area contributed by atoms with Gasteiger partial charge in [0.05, 0.1) is 22.8 Å². The molecule has 24 heavy (non-hydrogen) atoms. The maximum atomic E-state index is 12.1. The number of nitrogens with one attached hydrogen (secondary N) is 1. The molecule has 0 aliphatic heterocycles. The Balaban J connectivity index is 2.20. The Kier molecular flexibility index (Phi) is 5.84. The molecule has 5 nitrogen and oxygen atoms in total. The van der Waals surface area contributed by atoms with Crippen molar-refractivity contribution in [2.45, 2.75) is 0 Å². The minimum absolute atomic E-state index is 0.257. The van der Waals surface area contributed by atoms with Gasteiger partial charge in [-0.3, -0.25) is 9.59 Å². The van der Waals surface area contributed by atoms with Gasteiger partial charge in [0.25, 0.3) is 0 Å². The Morgan fingerprint density at radius 1 is 1.21 bits per heavy atom. The maximum Gasteiger partial charge on any atom is 0.248 e. The zero-order valence-electron chi connectivity index (χ0n) is 12.7. The first-order chi connectivity index (χ1) is 11.4. The van der Waals surface area contributed by atoms with Gasteiger partial charge in [-0.1, -0.05) is 35.3 Å². The fraction of sp³-hybridized carbons (Fsp3) is 0.0588. The van der Waals surface area contributed by atoms with Gasteiger partial charge in [0.15, 0.2) is 0 Å². The Bertz CT molecular complexity index is 819. The highest BCUT2D eigenvalue weighted by Crippen LogP contribution is 2.27. The quantitative estimate of drug-likeness (QED) is 0.792. The molecule has 0 saturated heterocycles. The molecule has 2 aromatic carbocycles. The minimum atomic E-state index is -0.602. The zero-order chi connectivity index (χ0) is 17.7. The number of methoxy groups -OCH3 is 1. The molecule has 0 aliphatic carbocycles. The summed E-state index contributed by atoms with van der Waals surface area (Å²) in [5, 5.41) is 3.38. The van der Waals surface area contributed by atoms with Gasteiger partial charge in [-0.2, -0.15) is 0 Å². The smallest absolute Gasteiger partial charge is 0.248 e. The first-order valence-corrected chi connectivity index (χ1v) is 7.59. The van der Waals surface area contributed by atoms with E-state index in [4.69, 9.17) is 33.7 Å². The van der Waals surface area contributed by atoms with E-state index in [1.54, 1.807) is 24.3 Å². The van der Waals surface area contributed by atoms with Crippen molar-refractivity contribution in [2.75, 3.05) is 12.4 Å². The molecule has 0 aliphatic rings. The van der Waals surface area contributed by atoms with Crippen molar-refractivity contribution in [1.82, 2.24) is 0 Å². The Morgan fingerprint density at radius 3 is 2.62 bits per heavy atom. The van der Waals surface area contributed by atoms with Crippen LogP contribution in [0.5, 0.6) is 5.75 Å². The third kappa shape index (κ3) is 4.28. The second-order valence-corrected chi connectivity index (χ2v) is 5.53. The summed E-state index contributed by atoms with van der Waals surface area (Å²) < 4.78 is 5.15. The fourth-order valence-electron chi connectivity index (χ4n) is 1.95. The Hall–Kier alpha value is -2.50. The summed E-state index contributed by atoms with van der Waals surface area (Å²) in [6.45, 7) is 0. The number of nitrogens with two attached hydrogens (primary N) is 1.